The van der Waals surface area contributed by atoms with Crippen LogP contribution in [0.1, 0.15) is 27.2 Å². The van der Waals surface area contributed by atoms with Gasteiger partial charge in [-0.25, -0.2) is 0 Å². The summed E-state index contributed by atoms with van der Waals surface area (Å²) in [5.41, 5.74) is 3.15. The van der Waals surface area contributed by atoms with Crippen LogP contribution in [-0.4, -0.2) is 27.4 Å². The monoisotopic (exact) mass is 283 g/mol. The van der Waals surface area contributed by atoms with Gasteiger partial charge in [-0.05, 0) is 36.8 Å². The Labute approximate surface area is 123 Å². The minimum absolute atomic E-state index is 0.160. The molecule has 0 spiro atoms. The third-order valence-corrected chi connectivity index (χ3v) is 3.00. The summed E-state index contributed by atoms with van der Waals surface area (Å²) in [5, 5.41) is 15.6. The van der Waals surface area contributed by atoms with E-state index in [1.165, 1.54) is 0 Å². The summed E-state index contributed by atoms with van der Waals surface area (Å²) < 4.78 is 1.72. The fourth-order valence-electron chi connectivity index (χ4n) is 1.98. The average Bonchev–Trinajstić information content (AvgIpc) is 2.87. The van der Waals surface area contributed by atoms with Crippen LogP contribution in [0.5, 0.6) is 0 Å². The lowest BCUT2D eigenvalue weighted by molar-refractivity contribution is 0.0950. The predicted molar refractivity (Wildman–Crippen MR) is 79.5 cm³/mol. The van der Waals surface area contributed by atoms with Crippen LogP contribution in [0.2, 0.25) is 0 Å². The minimum Gasteiger partial charge on any atom is -0.384 e. The molecule has 0 atom stereocenters. The van der Waals surface area contributed by atoms with Crippen molar-refractivity contribution in [3.63, 3.8) is 0 Å². The number of carbonyl (C=O) groups excluding carboxylic acids is 1. The van der Waals surface area contributed by atoms with Crippen LogP contribution in [0.3, 0.4) is 0 Å². The fraction of sp³-hybridized carbons (Fsp3) is 0.250. The summed E-state index contributed by atoms with van der Waals surface area (Å²) in [6.45, 7) is 2.12. The topological polar surface area (TPSA) is 67.2 Å². The third-order valence-electron chi connectivity index (χ3n) is 3.00. The standard InChI is InChI=1S/C16H17N3O2/c1-12-8-13(4-3-7-20)10-14(9-12)16(21)17-11-15-5-6-18-19(15)2/h5-6,8-10,20H,7,11H2,1-2H3,(H,17,21). The molecule has 5 nitrogen and oxygen atoms in total. The summed E-state index contributed by atoms with van der Waals surface area (Å²) in [4.78, 5) is 12.2. The third kappa shape index (κ3) is 3.94. The molecule has 1 aromatic heterocycles. The van der Waals surface area contributed by atoms with E-state index in [1.54, 1.807) is 16.9 Å². The predicted octanol–water partition coefficient (Wildman–Crippen LogP) is 1.00. The van der Waals surface area contributed by atoms with Crippen molar-refractivity contribution in [2.75, 3.05) is 6.61 Å². The van der Waals surface area contributed by atoms with E-state index in [2.05, 4.69) is 22.3 Å². The Morgan fingerprint density at radius 1 is 1.43 bits per heavy atom. The summed E-state index contributed by atoms with van der Waals surface area (Å²) in [5.74, 6) is 5.24. The maximum atomic E-state index is 12.2. The SMILES string of the molecule is Cc1cc(C#CCO)cc(C(=O)NCc2ccnn2C)c1. The van der Waals surface area contributed by atoms with Gasteiger partial charge in [-0.1, -0.05) is 11.8 Å². The Morgan fingerprint density at radius 3 is 2.90 bits per heavy atom. The molecule has 2 rings (SSSR count). The van der Waals surface area contributed by atoms with Gasteiger partial charge in [0.05, 0.1) is 12.2 Å². The lowest BCUT2D eigenvalue weighted by Crippen LogP contribution is -2.24. The highest BCUT2D eigenvalue weighted by molar-refractivity contribution is 5.94. The van der Waals surface area contributed by atoms with Crippen molar-refractivity contribution < 1.29 is 9.90 Å². The molecule has 0 saturated carbocycles. The molecule has 0 aliphatic heterocycles. The molecular weight excluding hydrogens is 266 g/mol. The minimum atomic E-state index is -0.198. The molecule has 2 N–H and O–H groups in total. The first-order chi connectivity index (χ1) is 10.1. The number of nitrogens with one attached hydrogen (secondary N) is 1. The molecule has 21 heavy (non-hydrogen) atoms. The van der Waals surface area contributed by atoms with E-state index in [4.69, 9.17) is 5.11 Å². The Hall–Kier alpha value is -2.58. The van der Waals surface area contributed by atoms with Gasteiger partial charge in [-0.2, -0.15) is 5.10 Å². The zero-order valence-electron chi connectivity index (χ0n) is 12.1. The number of aromatic nitrogens is 2. The van der Waals surface area contributed by atoms with Crippen LogP contribution in [0.25, 0.3) is 0 Å². The van der Waals surface area contributed by atoms with Crippen molar-refractivity contribution in [1.29, 1.82) is 0 Å². The number of aliphatic hydroxyl groups is 1. The molecular formula is C16H17N3O2. The van der Waals surface area contributed by atoms with Gasteiger partial charge in [0.15, 0.2) is 0 Å². The van der Waals surface area contributed by atoms with E-state index >= 15 is 0 Å². The van der Waals surface area contributed by atoms with Gasteiger partial charge >= 0.3 is 0 Å². The number of carbonyl (C=O) groups is 1. The number of nitrogens with zero attached hydrogens (tertiary/aromatic N) is 2. The molecule has 1 aromatic carbocycles. The van der Waals surface area contributed by atoms with E-state index < -0.39 is 0 Å². The number of rotatable bonds is 3. The van der Waals surface area contributed by atoms with E-state index in [9.17, 15) is 4.79 Å². The molecule has 0 saturated heterocycles. The summed E-state index contributed by atoms with van der Waals surface area (Å²) in [6.07, 6.45) is 1.69. The molecule has 5 heteroatoms. The van der Waals surface area contributed by atoms with Crippen molar-refractivity contribution in [2.24, 2.45) is 7.05 Å². The van der Waals surface area contributed by atoms with E-state index in [0.717, 1.165) is 16.8 Å². The van der Waals surface area contributed by atoms with Gasteiger partial charge in [-0.15, -0.1) is 0 Å². The Kier molecular flexibility index (Phi) is 4.75. The average molecular weight is 283 g/mol. The van der Waals surface area contributed by atoms with E-state index in [1.807, 2.05) is 32.2 Å². The largest absolute Gasteiger partial charge is 0.384 e. The van der Waals surface area contributed by atoms with Crippen LogP contribution in [-0.2, 0) is 13.6 Å². The van der Waals surface area contributed by atoms with Crippen molar-refractivity contribution in [2.45, 2.75) is 13.5 Å². The molecule has 1 heterocycles. The van der Waals surface area contributed by atoms with Crippen molar-refractivity contribution in [3.05, 3.63) is 52.8 Å². The van der Waals surface area contributed by atoms with Gasteiger partial charge in [-0.3, -0.25) is 9.48 Å². The van der Waals surface area contributed by atoms with Gasteiger partial charge in [0.1, 0.15) is 6.61 Å². The number of aryl methyl sites for hydroxylation is 2. The smallest absolute Gasteiger partial charge is 0.251 e. The molecule has 1 amide bonds. The van der Waals surface area contributed by atoms with Crippen molar-refractivity contribution >= 4 is 5.91 Å². The first kappa shape index (κ1) is 14.8. The summed E-state index contributed by atoms with van der Waals surface area (Å²) >= 11 is 0. The molecule has 108 valence electrons. The molecule has 0 unspecified atom stereocenters. The normalized spacial score (nSPS) is 9.86. The lowest BCUT2D eigenvalue weighted by atomic mass is 10.1. The van der Waals surface area contributed by atoms with Gasteiger partial charge in [0.2, 0.25) is 0 Å². The number of hydrogen-bond donors (Lipinski definition) is 2. The number of aliphatic hydroxyl groups excluding tert-OH is 1. The van der Waals surface area contributed by atoms with Crippen LogP contribution in [0.15, 0.2) is 30.5 Å². The van der Waals surface area contributed by atoms with Crippen molar-refractivity contribution in [3.8, 4) is 11.8 Å². The maximum Gasteiger partial charge on any atom is 0.251 e. The van der Waals surface area contributed by atoms with Gasteiger partial charge in [0.25, 0.3) is 5.91 Å². The summed E-state index contributed by atoms with van der Waals surface area (Å²) in [7, 11) is 1.83. The number of benzene rings is 1. The number of hydrogen-bond acceptors (Lipinski definition) is 3. The van der Waals surface area contributed by atoms with E-state index in [-0.39, 0.29) is 12.5 Å². The zero-order chi connectivity index (χ0) is 15.2. The Balaban J connectivity index is 2.11. The molecule has 0 aliphatic rings. The fourth-order valence-corrected chi connectivity index (χ4v) is 1.98. The van der Waals surface area contributed by atoms with Crippen LogP contribution in [0, 0.1) is 18.8 Å². The van der Waals surface area contributed by atoms with Crippen LogP contribution in [0.4, 0.5) is 0 Å². The Bertz CT molecular complexity index is 708. The molecule has 0 bridgehead atoms. The van der Waals surface area contributed by atoms with Gasteiger partial charge < -0.3 is 10.4 Å². The zero-order valence-corrected chi connectivity index (χ0v) is 12.1. The van der Waals surface area contributed by atoms with Gasteiger partial charge in [0, 0.05) is 24.4 Å². The second-order valence-electron chi connectivity index (χ2n) is 4.68. The van der Waals surface area contributed by atoms with Crippen LogP contribution < -0.4 is 5.32 Å². The summed E-state index contributed by atoms with van der Waals surface area (Å²) in [6, 6.07) is 7.26. The molecule has 0 fully saturated rings. The molecule has 0 aliphatic carbocycles. The van der Waals surface area contributed by atoms with E-state index in [0.29, 0.717) is 12.1 Å². The lowest BCUT2D eigenvalue weighted by Gasteiger charge is -2.07. The highest BCUT2D eigenvalue weighted by atomic mass is 16.2. The highest BCUT2D eigenvalue weighted by Crippen LogP contribution is 2.09. The highest BCUT2D eigenvalue weighted by Gasteiger charge is 2.08. The second kappa shape index (κ2) is 6.73. The molecule has 2 aromatic rings. The molecule has 0 radical (unpaired) electrons. The Morgan fingerprint density at radius 2 is 2.24 bits per heavy atom. The quantitative estimate of drug-likeness (QED) is 0.826. The maximum absolute atomic E-state index is 12.2. The second-order valence-corrected chi connectivity index (χ2v) is 4.68. The first-order valence-electron chi connectivity index (χ1n) is 6.56. The van der Waals surface area contributed by atoms with Crippen LogP contribution >= 0.6 is 0 Å². The van der Waals surface area contributed by atoms with Crippen molar-refractivity contribution in [1.82, 2.24) is 15.1 Å². The number of amides is 1. The first-order valence-corrected chi connectivity index (χ1v) is 6.56.